The zero-order valence-electron chi connectivity index (χ0n) is 16.5. The van der Waals surface area contributed by atoms with Crippen LogP contribution in [0, 0.1) is 0 Å². The van der Waals surface area contributed by atoms with Crippen LogP contribution in [-0.2, 0) is 4.79 Å². The van der Waals surface area contributed by atoms with E-state index in [-0.39, 0.29) is 11.0 Å². The van der Waals surface area contributed by atoms with Crippen molar-refractivity contribution in [2.45, 2.75) is 6.17 Å². The molecular formula is C23H18Cl2N4OS. The highest BCUT2D eigenvalue weighted by atomic mass is 35.5. The molecule has 156 valence electrons. The summed E-state index contributed by atoms with van der Waals surface area (Å²) in [7, 11) is 1.73. The Hall–Kier alpha value is -2.93. The molecule has 1 heterocycles. The van der Waals surface area contributed by atoms with Crippen molar-refractivity contribution in [3.8, 4) is 0 Å². The lowest BCUT2D eigenvalue weighted by Gasteiger charge is -2.22. The number of aliphatic imine (C=N–C) groups is 1. The van der Waals surface area contributed by atoms with Gasteiger partial charge in [0.05, 0.1) is 22.1 Å². The molecule has 0 saturated carbocycles. The van der Waals surface area contributed by atoms with Gasteiger partial charge in [0.25, 0.3) is 5.91 Å². The maximum atomic E-state index is 13.2. The molecule has 1 aliphatic rings. The molecule has 31 heavy (non-hydrogen) atoms. The van der Waals surface area contributed by atoms with Crippen LogP contribution in [0.1, 0.15) is 11.1 Å². The van der Waals surface area contributed by atoms with E-state index in [1.54, 1.807) is 30.1 Å². The Labute approximate surface area is 195 Å². The molecule has 0 saturated heterocycles. The molecule has 0 aliphatic carbocycles. The fourth-order valence-electron chi connectivity index (χ4n) is 3.32. The Morgan fingerprint density at radius 3 is 2.48 bits per heavy atom. The van der Waals surface area contributed by atoms with Crippen LogP contribution in [0.4, 0.5) is 11.4 Å². The molecule has 1 unspecified atom stereocenters. The summed E-state index contributed by atoms with van der Waals surface area (Å²) in [6.45, 7) is 0. The molecule has 0 bridgehead atoms. The number of hydrogen-bond donors (Lipinski definition) is 2. The number of rotatable bonds is 3. The smallest absolute Gasteiger partial charge is 0.272 e. The van der Waals surface area contributed by atoms with Gasteiger partial charge in [-0.3, -0.25) is 4.79 Å². The first-order valence-corrected chi connectivity index (χ1v) is 10.6. The molecule has 1 aliphatic heterocycles. The normalized spacial score (nSPS) is 15.6. The first-order valence-electron chi connectivity index (χ1n) is 9.47. The number of benzene rings is 3. The van der Waals surface area contributed by atoms with Crippen LogP contribution in [0.2, 0.25) is 10.0 Å². The van der Waals surface area contributed by atoms with Gasteiger partial charge in [-0.2, -0.15) is 0 Å². The molecule has 8 heteroatoms. The molecule has 0 radical (unpaired) electrons. The van der Waals surface area contributed by atoms with Gasteiger partial charge in [0.15, 0.2) is 5.11 Å². The molecule has 3 aromatic rings. The summed E-state index contributed by atoms with van der Waals surface area (Å²) in [5.41, 5.74) is 3.84. The number of amides is 1. The van der Waals surface area contributed by atoms with Crippen molar-refractivity contribution in [1.82, 2.24) is 5.32 Å². The van der Waals surface area contributed by atoms with E-state index >= 15 is 0 Å². The number of hydrogen-bond acceptors (Lipinski definition) is 3. The topological polar surface area (TPSA) is 56.7 Å². The quantitative estimate of drug-likeness (QED) is 0.523. The first-order chi connectivity index (χ1) is 14.9. The highest BCUT2D eigenvalue weighted by Gasteiger charge is 2.30. The van der Waals surface area contributed by atoms with Gasteiger partial charge in [0.2, 0.25) is 6.17 Å². The molecule has 0 spiro atoms. The van der Waals surface area contributed by atoms with Crippen molar-refractivity contribution in [2.75, 3.05) is 17.3 Å². The lowest BCUT2D eigenvalue weighted by Crippen LogP contribution is -2.47. The van der Waals surface area contributed by atoms with Crippen LogP contribution in [0.3, 0.4) is 0 Å². The van der Waals surface area contributed by atoms with E-state index in [2.05, 4.69) is 10.6 Å². The Balaban J connectivity index is 1.68. The number of likely N-dealkylation sites (N-methyl/N-ethyl adjacent to an activating group) is 1. The molecule has 2 N–H and O–H groups in total. The third-order valence-corrected chi connectivity index (χ3v) is 5.61. The highest BCUT2D eigenvalue weighted by Crippen LogP contribution is 2.28. The summed E-state index contributed by atoms with van der Waals surface area (Å²) in [6.07, 6.45) is -0.918. The monoisotopic (exact) mass is 468 g/mol. The van der Waals surface area contributed by atoms with Gasteiger partial charge in [-0.25, -0.2) is 4.99 Å². The van der Waals surface area contributed by atoms with Gasteiger partial charge >= 0.3 is 0 Å². The summed E-state index contributed by atoms with van der Waals surface area (Å²) in [6, 6.07) is 22.5. The van der Waals surface area contributed by atoms with Crippen molar-refractivity contribution in [3.05, 3.63) is 94.0 Å². The Kier molecular flexibility index (Phi) is 6.23. The first kappa shape index (κ1) is 21.3. The Morgan fingerprint density at radius 2 is 1.74 bits per heavy atom. The number of para-hydroxylation sites is 1. The van der Waals surface area contributed by atoms with Crippen molar-refractivity contribution < 1.29 is 4.79 Å². The van der Waals surface area contributed by atoms with Crippen molar-refractivity contribution in [1.29, 1.82) is 0 Å². The SMILES string of the molecule is CN1C(=O)C(NC(=S)Nc2ccc(Cl)cc2Cl)N=C(c2ccccc2)c2ccccc21. The largest absolute Gasteiger partial charge is 0.333 e. The highest BCUT2D eigenvalue weighted by molar-refractivity contribution is 7.80. The summed E-state index contributed by atoms with van der Waals surface area (Å²) < 4.78 is 0. The molecular weight excluding hydrogens is 451 g/mol. The van der Waals surface area contributed by atoms with Crippen molar-refractivity contribution in [3.63, 3.8) is 0 Å². The van der Waals surface area contributed by atoms with Crippen molar-refractivity contribution in [2.24, 2.45) is 4.99 Å². The average Bonchev–Trinajstić information content (AvgIpc) is 2.87. The molecule has 1 atom stereocenters. The zero-order chi connectivity index (χ0) is 22.0. The molecule has 0 fully saturated rings. The molecule has 1 amide bonds. The minimum atomic E-state index is -0.918. The van der Waals surface area contributed by atoms with Gasteiger partial charge in [-0.1, -0.05) is 71.7 Å². The van der Waals surface area contributed by atoms with E-state index < -0.39 is 6.17 Å². The maximum Gasteiger partial charge on any atom is 0.272 e. The average molecular weight is 469 g/mol. The molecule has 5 nitrogen and oxygen atoms in total. The van der Waals surface area contributed by atoms with Crippen LogP contribution in [0.25, 0.3) is 0 Å². The summed E-state index contributed by atoms with van der Waals surface area (Å²) in [5, 5.41) is 7.18. The van der Waals surface area contributed by atoms with Crippen LogP contribution >= 0.6 is 35.4 Å². The molecule has 4 rings (SSSR count). The predicted octanol–water partition coefficient (Wildman–Crippen LogP) is 5.12. The number of anilines is 2. The zero-order valence-corrected chi connectivity index (χ0v) is 18.8. The van der Waals surface area contributed by atoms with Gasteiger partial charge in [0.1, 0.15) is 0 Å². The van der Waals surface area contributed by atoms with Crippen molar-refractivity contribution >= 4 is 63.5 Å². The van der Waals surface area contributed by atoms with E-state index in [1.165, 1.54) is 0 Å². The Morgan fingerprint density at radius 1 is 1.03 bits per heavy atom. The number of benzodiazepines with no additional fused rings is 1. The third-order valence-electron chi connectivity index (χ3n) is 4.84. The lowest BCUT2D eigenvalue weighted by molar-refractivity contribution is -0.119. The molecule has 0 aromatic heterocycles. The Bertz CT molecular complexity index is 1180. The second kappa shape index (κ2) is 9.06. The van der Waals surface area contributed by atoms with E-state index in [4.69, 9.17) is 40.4 Å². The van der Waals surface area contributed by atoms with Crippen LogP contribution < -0.4 is 15.5 Å². The van der Waals surface area contributed by atoms with E-state index in [0.29, 0.717) is 21.4 Å². The third kappa shape index (κ3) is 4.56. The fourth-order valence-corrected chi connectivity index (χ4v) is 3.99. The minimum Gasteiger partial charge on any atom is -0.333 e. The number of thiocarbonyl (C=S) groups is 1. The van der Waals surface area contributed by atoms with Crippen LogP contribution in [-0.4, -0.2) is 29.9 Å². The number of carbonyl (C=O) groups excluding carboxylic acids is 1. The maximum absolute atomic E-state index is 13.2. The van der Waals surface area contributed by atoms with E-state index in [1.807, 2.05) is 54.6 Å². The standard InChI is InChI=1S/C23H18Cl2N4OS/c1-29-19-10-6-5-9-16(19)20(14-7-3-2-4-8-14)27-21(22(29)30)28-23(31)26-18-12-11-15(24)13-17(18)25/h2-13,21H,1H3,(H2,26,28,31). The second-order valence-electron chi connectivity index (χ2n) is 6.88. The minimum absolute atomic E-state index is 0.220. The summed E-state index contributed by atoms with van der Waals surface area (Å²) in [5.74, 6) is -0.232. The van der Waals surface area contributed by atoms with Gasteiger partial charge in [-0.15, -0.1) is 0 Å². The number of nitrogens with zero attached hydrogens (tertiary/aromatic N) is 2. The summed E-state index contributed by atoms with van der Waals surface area (Å²) >= 11 is 17.6. The summed E-state index contributed by atoms with van der Waals surface area (Å²) in [4.78, 5) is 19.6. The predicted molar refractivity (Wildman–Crippen MR) is 132 cm³/mol. The van der Waals surface area contributed by atoms with E-state index in [0.717, 1.165) is 16.8 Å². The number of halogens is 2. The van der Waals surface area contributed by atoms with E-state index in [9.17, 15) is 4.79 Å². The lowest BCUT2D eigenvalue weighted by atomic mass is 10.0. The van der Waals surface area contributed by atoms with Gasteiger partial charge in [-0.05, 0) is 36.5 Å². The fraction of sp³-hybridized carbons (Fsp3) is 0.0870. The van der Waals surface area contributed by atoms with Crippen LogP contribution in [0.15, 0.2) is 77.8 Å². The number of nitrogens with one attached hydrogen (secondary N) is 2. The molecule has 3 aromatic carbocycles. The van der Waals surface area contributed by atoms with Gasteiger partial charge in [0, 0.05) is 23.2 Å². The van der Waals surface area contributed by atoms with Crippen LogP contribution in [0.5, 0.6) is 0 Å². The number of fused-ring (bicyclic) bond motifs is 1. The van der Waals surface area contributed by atoms with Gasteiger partial charge < -0.3 is 15.5 Å². The second-order valence-corrected chi connectivity index (χ2v) is 8.14. The number of carbonyl (C=O) groups is 1.